The molecule has 0 aliphatic carbocycles. The highest BCUT2D eigenvalue weighted by molar-refractivity contribution is 5.99. The summed E-state index contributed by atoms with van der Waals surface area (Å²) in [4.78, 5) is 12.5. The molecule has 0 radical (unpaired) electrons. The highest BCUT2D eigenvalue weighted by atomic mass is 19.4. The van der Waals surface area contributed by atoms with Gasteiger partial charge in [0.1, 0.15) is 19.0 Å². The summed E-state index contributed by atoms with van der Waals surface area (Å²) in [7, 11) is 3.00. The average molecular weight is 398 g/mol. The molecule has 0 amide bonds. The van der Waals surface area contributed by atoms with E-state index in [1.807, 2.05) is 0 Å². The van der Waals surface area contributed by atoms with Crippen molar-refractivity contribution in [1.29, 1.82) is 0 Å². The summed E-state index contributed by atoms with van der Waals surface area (Å²) >= 11 is 0. The van der Waals surface area contributed by atoms with E-state index in [2.05, 4.69) is 0 Å². The van der Waals surface area contributed by atoms with Crippen molar-refractivity contribution in [2.45, 2.75) is 6.18 Å². The topological polar surface area (TPSA) is 54.0 Å². The average Bonchev–Trinajstić information content (AvgIpc) is 2.67. The number of halogens is 3. The summed E-state index contributed by atoms with van der Waals surface area (Å²) in [5.74, 6) is -0.276. The van der Waals surface area contributed by atoms with Crippen molar-refractivity contribution in [2.24, 2.45) is 0 Å². The highest BCUT2D eigenvalue weighted by Gasteiger charge is 2.30. The predicted octanol–water partition coefficient (Wildman–Crippen LogP) is 4.20. The molecule has 0 saturated carbocycles. The van der Waals surface area contributed by atoms with Crippen LogP contribution in [0.2, 0.25) is 0 Å². The van der Waals surface area contributed by atoms with Crippen molar-refractivity contribution in [3.05, 3.63) is 53.6 Å². The zero-order valence-electron chi connectivity index (χ0n) is 15.5. The van der Waals surface area contributed by atoms with Crippen molar-refractivity contribution in [2.75, 3.05) is 40.6 Å². The molecule has 152 valence electrons. The molecule has 0 unspecified atom stereocenters. The molecule has 0 heterocycles. The Kier molecular flexibility index (Phi) is 7.83. The van der Waals surface area contributed by atoms with Crippen LogP contribution in [-0.2, 0) is 20.4 Å². The van der Waals surface area contributed by atoms with Gasteiger partial charge in [-0.05, 0) is 29.8 Å². The van der Waals surface area contributed by atoms with Gasteiger partial charge in [0.2, 0.25) is 0 Å². The van der Waals surface area contributed by atoms with Gasteiger partial charge in [0.15, 0.2) is 0 Å². The van der Waals surface area contributed by atoms with E-state index < -0.39 is 17.7 Å². The van der Waals surface area contributed by atoms with Gasteiger partial charge in [-0.25, -0.2) is 4.79 Å². The number of benzene rings is 2. The smallest absolute Gasteiger partial charge is 0.416 e. The van der Waals surface area contributed by atoms with Crippen molar-refractivity contribution < 1.29 is 36.9 Å². The third-order valence-electron chi connectivity index (χ3n) is 3.81. The minimum atomic E-state index is -4.45. The lowest BCUT2D eigenvalue weighted by Gasteiger charge is -2.16. The number of rotatable bonds is 9. The molecule has 0 atom stereocenters. The van der Waals surface area contributed by atoms with Crippen molar-refractivity contribution in [3.8, 4) is 16.9 Å². The van der Waals surface area contributed by atoms with E-state index >= 15 is 0 Å². The molecule has 0 aliphatic rings. The summed E-state index contributed by atoms with van der Waals surface area (Å²) < 4.78 is 59.2. The highest BCUT2D eigenvalue weighted by Crippen LogP contribution is 2.36. The Morgan fingerprint density at radius 2 is 1.54 bits per heavy atom. The predicted molar refractivity (Wildman–Crippen MR) is 96.4 cm³/mol. The third-order valence-corrected chi connectivity index (χ3v) is 3.81. The zero-order chi connectivity index (χ0) is 20.6. The van der Waals surface area contributed by atoms with Crippen LogP contribution in [0.15, 0.2) is 42.5 Å². The molecule has 0 aliphatic heterocycles. The van der Waals surface area contributed by atoms with E-state index in [1.54, 1.807) is 12.1 Å². The molecule has 0 bridgehead atoms. The third kappa shape index (κ3) is 5.71. The van der Waals surface area contributed by atoms with Crippen LogP contribution < -0.4 is 4.74 Å². The maximum Gasteiger partial charge on any atom is 0.416 e. The van der Waals surface area contributed by atoms with E-state index in [1.165, 1.54) is 32.4 Å². The molecule has 2 aromatic rings. The molecule has 0 N–H and O–H groups in total. The molecule has 0 fully saturated rings. The van der Waals surface area contributed by atoms with Gasteiger partial charge in [0.25, 0.3) is 0 Å². The number of alkyl halides is 3. The van der Waals surface area contributed by atoms with Gasteiger partial charge in [0, 0.05) is 19.8 Å². The number of carbonyl (C=O) groups excluding carboxylic acids is 1. The van der Waals surface area contributed by atoms with E-state index in [0.717, 1.165) is 12.1 Å². The first-order valence-corrected chi connectivity index (χ1v) is 8.47. The van der Waals surface area contributed by atoms with Crippen molar-refractivity contribution in [1.82, 2.24) is 0 Å². The first-order chi connectivity index (χ1) is 13.4. The van der Waals surface area contributed by atoms with E-state index in [9.17, 15) is 18.0 Å². The molecule has 5 nitrogen and oxygen atoms in total. The number of ether oxygens (including phenoxy) is 4. The maximum absolute atomic E-state index is 12.9. The molecule has 0 saturated heterocycles. The number of hydrogen-bond donors (Lipinski definition) is 0. The van der Waals surface area contributed by atoms with Crippen molar-refractivity contribution >= 4 is 5.97 Å². The number of methoxy groups -OCH3 is 2. The van der Waals surface area contributed by atoms with Crippen LogP contribution in [0, 0.1) is 0 Å². The lowest BCUT2D eigenvalue weighted by Crippen LogP contribution is -2.12. The summed E-state index contributed by atoms with van der Waals surface area (Å²) in [5, 5.41) is 0. The van der Waals surface area contributed by atoms with Crippen LogP contribution in [0.3, 0.4) is 0 Å². The minimum Gasteiger partial charge on any atom is -0.491 e. The van der Waals surface area contributed by atoms with Crippen LogP contribution in [0.5, 0.6) is 5.75 Å². The molecule has 2 aromatic carbocycles. The molecule has 0 spiro atoms. The Hall–Kier alpha value is -2.58. The Morgan fingerprint density at radius 3 is 2.14 bits per heavy atom. The summed E-state index contributed by atoms with van der Waals surface area (Å²) in [6, 6.07) is 9.30. The Morgan fingerprint density at radius 1 is 0.893 bits per heavy atom. The molecular formula is C20H21F3O5. The second kappa shape index (κ2) is 10.1. The SMILES string of the molecule is COCCOC(=O)c1cccc(OCCOC)c1-c1ccc(C(F)(F)F)cc1. The van der Waals surface area contributed by atoms with Crippen LogP contribution >= 0.6 is 0 Å². The fourth-order valence-electron chi connectivity index (χ4n) is 2.48. The summed E-state index contributed by atoms with van der Waals surface area (Å²) in [6.45, 7) is 0.809. The second-order valence-corrected chi connectivity index (χ2v) is 5.72. The molecule has 2 rings (SSSR count). The second-order valence-electron chi connectivity index (χ2n) is 5.72. The minimum absolute atomic E-state index is 0.0521. The van der Waals surface area contributed by atoms with E-state index in [0.29, 0.717) is 23.5 Å². The Balaban J connectivity index is 2.43. The van der Waals surface area contributed by atoms with Gasteiger partial charge in [-0.1, -0.05) is 18.2 Å². The Bertz CT molecular complexity index is 772. The quantitative estimate of drug-likeness (QED) is 0.468. The van der Waals surface area contributed by atoms with Gasteiger partial charge < -0.3 is 18.9 Å². The summed E-state index contributed by atoms with van der Waals surface area (Å²) in [6.07, 6.45) is -4.45. The largest absolute Gasteiger partial charge is 0.491 e. The zero-order valence-corrected chi connectivity index (χ0v) is 15.5. The number of carbonyl (C=O) groups is 1. The van der Waals surface area contributed by atoms with E-state index in [-0.39, 0.29) is 25.4 Å². The van der Waals surface area contributed by atoms with Gasteiger partial charge >= 0.3 is 12.1 Å². The number of hydrogen-bond acceptors (Lipinski definition) is 5. The van der Waals surface area contributed by atoms with Crippen LogP contribution in [0.4, 0.5) is 13.2 Å². The van der Waals surface area contributed by atoms with Gasteiger partial charge in [-0.15, -0.1) is 0 Å². The Labute approximate surface area is 161 Å². The number of esters is 1. The van der Waals surface area contributed by atoms with Crippen LogP contribution in [0.1, 0.15) is 15.9 Å². The van der Waals surface area contributed by atoms with Crippen molar-refractivity contribution in [3.63, 3.8) is 0 Å². The van der Waals surface area contributed by atoms with Gasteiger partial charge in [0.05, 0.1) is 24.3 Å². The van der Waals surface area contributed by atoms with Crippen LogP contribution in [-0.4, -0.2) is 46.6 Å². The molecule has 0 aromatic heterocycles. The fraction of sp³-hybridized carbons (Fsp3) is 0.350. The molecule has 8 heteroatoms. The maximum atomic E-state index is 12.9. The standard InChI is InChI=1S/C20H21F3O5/c1-25-10-12-27-17-5-3-4-16(19(24)28-13-11-26-2)18(17)14-6-8-15(9-7-14)20(21,22)23/h3-9H,10-13H2,1-2H3. The fourth-order valence-corrected chi connectivity index (χ4v) is 2.48. The lowest BCUT2D eigenvalue weighted by atomic mass is 9.97. The van der Waals surface area contributed by atoms with Gasteiger partial charge in [-0.3, -0.25) is 0 Å². The normalized spacial score (nSPS) is 11.3. The first-order valence-electron chi connectivity index (χ1n) is 8.47. The van der Waals surface area contributed by atoms with Gasteiger partial charge in [-0.2, -0.15) is 13.2 Å². The molecular weight excluding hydrogens is 377 g/mol. The van der Waals surface area contributed by atoms with E-state index in [4.69, 9.17) is 18.9 Å². The van der Waals surface area contributed by atoms with Crippen LogP contribution in [0.25, 0.3) is 11.1 Å². The molecule has 28 heavy (non-hydrogen) atoms. The lowest BCUT2D eigenvalue weighted by molar-refractivity contribution is -0.137. The monoisotopic (exact) mass is 398 g/mol. The summed E-state index contributed by atoms with van der Waals surface area (Å²) in [5.41, 5.74) is 0.165. The first kappa shape index (κ1) is 21.7.